The molecule has 0 unspecified atom stereocenters. The van der Waals surface area contributed by atoms with Crippen LogP contribution in [0.5, 0.6) is 5.75 Å². The van der Waals surface area contributed by atoms with Crippen LogP contribution < -0.4 is 20.9 Å². The number of thiocarbonyl (C=S) groups is 1. The third-order valence-corrected chi connectivity index (χ3v) is 4.24. The van der Waals surface area contributed by atoms with Gasteiger partial charge in [-0.25, -0.2) is 4.39 Å². The molecule has 0 fully saturated rings. The molecule has 0 saturated carbocycles. The molecule has 0 aliphatic carbocycles. The van der Waals surface area contributed by atoms with Gasteiger partial charge in [-0.15, -0.1) is 0 Å². The molecular formula is C21H18FN3O3S. The van der Waals surface area contributed by atoms with Crippen molar-refractivity contribution in [1.29, 1.82) is 0 Å². The molecule has 3 N–H and O–H groups in total. The fraction of sp³-hybridized carbons (Fsp3) is 0.0952. The summed E-state index contributed by atoms with van der Waals surface area (Å²) in [7, 11) is 0. The Hall–Kier alpha value is -3.52. The van der Waals surface area contributed by atoms with Crippen molar-refractivity contribution in [1.82, 2.24) is 16.2 Å². The van der Waals surface area contributed by atoms with E-state index >= 15 is 0 Å². The number of fused-ring (bicyclic) bond motifs is 1. The number of carbonyl (C=O) groups is 2. The number of amides is 2. The van der Waals surface area contributed by atoms with Gasteiger partial charge in [0.25, 0.3) is 11.8 Å². The number of halogens is 1. The third kappa shape index (κ3) is 5.49. The summed E-state index contributed by atoms with van der Waals surface area (Å²) in [5.74, 6) is -0.901. The number of hydrazine groups is 1. The maximum Gasteiger partial charge on any atom is 0.279 e. The Balaban J connectivity index is 1.49. The maximum absolute atomic E-state index is 12.9. The summed E-state index contributed by atoms with van der Waals surface area (Å²) in [5, 5.41) is 4.35. The topological polar surface area (TPSA) is 79.5 Å². The van der Waals surface area contributed by atoms with E-state index in [1.807, 2.05) is 36.4 Å². The molecule has 0 radical (unpaired) electrons. The molecule has 0 aliphatic heterocycles. The zero-order valence-electron chi connectivity index (χ0n) is 15.4. The fourth-order valence-corrected chi connectivity index (χ4v) is 2.67. The predicted octanol–water partition coefficient (Wildman–Crippen LogP) is 3.08. The first-order chi connectivity index (χ1) is 13.9. The molecule has 148 valence electrons. The molecule has 0 bridgehead atoms. The number of hydrogen-bond donors (Lipinski definition) is 3. The zero-order valence-corrected chi connectivity index (χ0v) is 16.3. The second-order valence-corrected chi connectivity index (χ2v) is 6.58. The van der Waals surface area contributed by atoms with Crippen molar-refractivity contribution in [2.75, 3.05) is 0 Å². The monoisotopic (exact) mass is 411 g/mol. The summed E-state index contributed by atoms with van der Waals surface area (Å²) in [6.45, 7) is 1.59. The lowest BCUT2D eigenvalue weighted by atomic mass is 10.1. The molecule has 3 rings (SSSR count). The Kier molecular flexibility index (Phi) is 6.36. The Morgan fingerprint density at radius 2 is 1.66 bits per heavy atom. The van der Waals surface area contributed by atoms with Crippen LogP contribution in [0.3, 0.4) is 0 Å². The Bertz CT molecular complexity index is 1060. The zero-order chi connectivity index (χ0) is 20.8. The van der Waals surface area contributed by atoms with E-state index in [1.54, 1.807) is 13.0 Å². The van der Waals surface area contributed by atoms with E-state index in [0.717, 1.165) is 10.8 Å². The summed E-state index contributed by atoms with van der Waals surface area (Å²) in [6.07, 6.45) is -0.806. The van der Waals surface area contributed by atoms with Gasteiger partial charge in [0.05, 0.1) is 0 Å². The van der Waals surface area contributed by atoms with Crippen molar-refractivity contribution < 1.29 is 18.7 Å². The number of nitrogens with one attached hydrogen (secondary N) is 3. The van der Waals surface area contributed by atoms with Crippen LogP contribution in [0.1, 0.15) is 17.3 Å². The second kappa shape index (κ2) is 9.11. The standard InChI is InChI=1S/C21H18FN3O3S/c1-13(28-18-11-8-14-4-2-3-5-16(14)12-18)19(26)24-25-21(29)23-20(27)15-6-9-17(22)10-7-15/h2-13H,1H3,(H,24,26)(H2,23,25,27,29)/t13-/m1/s1. The van der Waals surface area contributed by atoms with Crippen LogP contribution in [0.25, 0.3) is 10.8 Å². The number of benzene rings is 3. The third-order valence-electron chi connectivity index (χ3n) is 4.04. The molecule has 0 saturated heterocycles. The van der Waals surface area contributed by atoms with E-state index in [4.69, 9.17) is 17.0 Å². The van der Waals surface area contributed by atoms with E-state index in [0.29, 0.717) is 5.75 Å². The lowest BCUT2D eigenvalue weighted by Gasteiger charge is -2.16. The summed E-state index contributed by atoms with van der Waals surface area (Å²) in [6, 6.07) is 18.3. The highest BCUT2D eigenvalue weighted by Gasteiger charge is 2.15. The SMILES string of the molecule is C[C@@H](Oc1ccc2ccccc2c1)C(=O)NNC(=S)NC(=O)c1ccc(F)cc1. The van der Waals surface area contributed by atoms with Crippen LogP contribution in [-0.4, -0.2) is 23.0 Å². The smallest absolute Gasteiger partial charge is 0.279 e. The van der Waals surface area contributed by atoms with Gasteiger partial charge >= 0.3 is 0 Å². The lowest BCUT2D eigenvalue weighted by Crippen LogP contribution is -2.51. The van der Waals surface area contributed by atoms with Crippen molar-refractivity contribution in [3.05, 3.63) is 78.1 Å². The minimum atomic E-state index is -0.806. The van der Waals surface area contributed by atoms with Crippen molar-refractivity contribution in [2.45, 2.75) is 13.0 Å². The van der Waals surface area contributed by atoms with Crippen LogP contribution >= 0.6 is 12.2 Å². The number of rotatable bonds is 4. The average molecular weight is 411 g/mol. The van der Waals surface area contributed by atoms with Crippen molar-refractivity contribution >= 4 is 39.9 Å². The first-order valence-electron chi connectivity index (χ1n) is 8.74. The first kappa shape index (κ1) is 20.2. The molecular weight excluding hydrogens is 393 g/mol. The molecule has 1 atom stereocenters. The minimum Gasteiger partial charge on any atom is -0.481 e. The normalized spacial score (nSPS) is 11.4. The van der Waals surface area contributed by atoms with Crippen LogP contribution in [-0.2, 0) is 4.79 Å². The summed E-state index contributed by atoms with van der Waals surface area (Å²) in [4.78, 5) is 24.2. The van der Waals surface area contributed by atoms with Gasteiger partial charge in [-0.2, -0.15) is 0 Å². The average Bonchev–Trinajstić information content (AvgIpc) is 2.72. The highest BCUT2D eigenvalue weighted by atomic mass is 32.1. The van der Waals surface area contributed by atoms with E-state index in [2.05, 4.69) is 16.2 Å². The van der Waals surface area contributed by atoms with Crippen LogP contribution in [0, 0.1) is 5.82 Å². The van der Waals surface area contributed by atoms with Crippen LogP contribution in [0.4, 0.5) is 4.39 Å². The van der Waals surface area contributed by atoms with E-state index in [9.17, 15) is 14.0 Å². The van der Waals surface area contributed by atoms with Crippen molar-refractivity contribution in [3.8, 4) is 5.75 Å². The number of carbonyl (C=O) groups excluding carboxylic acids is 2. The Labute approximate surface area is 172 Å². The molecule has 0 spiro atoms. The highest BCUT2D eigenvalue weighted by Crippen LogP contribution is 2.21. The van der Waals surface area contributed by atoms with Crippen LogP contribution in [0.15, 0.2) is 66.7 Å². The molecule has 3 aromatic rings. The minimum absolute atomic E-state index is 0.106. The number of hydrogen-bond acceptors (Lipinski definition) is 4. The van der Waals surface area contributed by atoms with E-state index < -0.39 is 23.7 Å². The van der Waals surface area contributed by atoms with Gasteiger partial charge < -0.3 is 4.74 Å². The molecule has 8 heteroatoms. The maximum atomic E-state index is 12.9. The molecule has 0 aromatic heterocycles. The molecule has 2 amide bonds. The van der Waals surface area contributed by atoms with Gasteiger partial charge in [0.2, 0.25) is 0 Å². The van der Waals surface area contributed by atoms with Gasteiger partial charge in [-0.3, -0.25) is 25.8 Å². The van der Waals surface area contributed by atoms with Gasteiger partial charge in [-0.1, -0.05) is 30.3 Å². The molecule has 29 heavy (non-hydrogen) atoms. The lowest BCUT2D eigenvalue weighted by molar-refractivity contribution is -0.127. The van der Waals surface area contributed by atoms with Gasteiger partial charge in [-0.05, 0) is 66.3 Å². The summed E-state index contributed by atoms with van der Waals surface area (Å²) < 4.78 is 18.6. The second-order valence-electron chi connectivity index (χ2n) is 6.17. The molecule has 0 heterocycles. The van der Waals surface area contributed by atoms with E-state index in [1.165, 1.54) is 24.3 Å². The molecule has 0 aliphatic rings. The van der Waals surface area contributed by atoms with Gasteiger partial charge in [0.15, 0.2) is 11.2 Å². The quantitative estimate of drug-likeness (QED) is 0.454. The molecule has 6 nitrogen and oxygen atoms in total. The van der Waals surface area contributed by atoms with E-state index in [-0.39, 0.29) is 10.7 Å². The fourth-order valence-electron chi connectivity index (χ4n) is 2.53. The Morgan fingerprint density at radius 3 is 2.38 bits per heavy atom. The summed E-state index contributed by atoms with van der Waals surface area (Å²) >= 11 is 4.97. The predicted molar refractivity (Wildman–Crippen MR) is 112 cm³/mol. The first-order valence-corrected chi connectivity index (χ1v) is 9.15. The Morgan fingerprint density at radius 1 is 0.966 bits per heavy atom. The molecule has 3 aromatic carbocycles. The van der Waals surface area contributed by atoms with Crippen molar-refractivity contribution in [2.24, 2.45) is 0 Å². The largest absolute Gasteiger partial charge is 0.481 e. The highest BCUT2D eigenvalue weighted by molar-refractivity contribution is 7.80. The van der Waals surface area contributed by atoms with Gasteiger partial charge in [0.1, 0.15) is 11.6 Å². The van der Waals surface area contributed by atoms with Gasteiger partial charge in [0, 0.05) is 5.56 Å². The van der Waals surface area contributed by atoms with Crippen molar-refractivity contribution in [3.63, 3.8) is 0 Å². The summed E-state index contributed by atoms with van der Waals surface area (Å²) in [5.41, 5.74) is 5.04. The van der Waals surface area contributed by atoms with Crippen LogP contribution in [0.2, 0.25) is 0 Å². The number of ether oxygens (including phenoxy) is 1.